The molecule has 0 aliphatic carbocycles. The SMILES string of the molecule is COCC(C)C1NC(C(=O)O)CCS1. The van der Waals surface area contributed by atoms with E-state index in [-0.39, 0.29) is 11.4 Å². The number of carboxylic acids is 1. The molecular formula is C9H17NO3S. The maximum atomic E-state index is 10.8. The van der Waals surface area contributed by atoms with E-state index in [1.165, 1.54) is 0 Å². The standard InChI is InChI=1S/C9H17NO3S/c1-6(5-13-2)8-10-7(9(11)12)3-4-14-8/h6-8,10H,3-5H2,1-2H3,(H,11,12). The molecule has 0 saturated carbocycles. The maximum absolute atomic E-state index is 10.8. The molecule has 0 aromatic rings. The van der Waals surface area contributed by atoms with Crippen molar-refractivity contribution in [3.8, 4) is 0 Å². The molecular weight excluding hydrogens is 202 g/mol. The van der Waals surface area contributed by atoms with Crippen LogP contribution in [0.4, 0.5) is 0 Å². The number of hydrogen-bond acceptors (Lipinski definition) is 4. The molecule has 1 fully saturated rings. The van der Waals surface area contributed by atoms with Gasteiger partial charge in [-0.15, -0.1) is 11.8 Å². The minimum absolute atomic E-state index is 0.199. The summed E-state index contributed by atoms with van der Waals surface area (Å²) >= 11 is 1.78. The van der Waals surface area contributed by atoms with Crippen LogP contribution in [0.5, 0.6) is 0 Å². The summed E-state index contributed by atoms with van der Waals surface area (Å²) in [6.07, 6.45) is 0.705. The molecule has 14 heavy (non-hydrogen) atoms. The second kappa shape index (κ2) is 5.58. The molecule has 0 spiro atoms. The van der Waals surface area contributed by atoms with E-state index < -0.39 is 5.97 Å². The summed E-state index contributed by atoms with van der Waals surface area (Å²) in [5.41, 5.74) is 0. The van der Waals surface area contributed by atoms with Crippen LogP contribution in [0, 0.1) is 5.92 Å². The summed E-state index contributed by atoms with van der Waals surface area (Å²) in [6.45, 7) is 2.73. The Kier molecular flexibility index (Phi) is 4.71. The molecule has 5 heteroatoms. The van der Waals surface area contributed by atoms with E-state index in [9.17, 15) is 4.79 Å². The highest BCUT2D eigenvalue weighted by molar-refractivity contribution is 7.99. The Hall–Kier alpha value is -0.260. The fourth-order valence-electron chi connectivity index (χ4n) is 1.52. The third-order valence-electron chi connectivity index (χ3n) is 2.31. The molecule has 82 valence electrons. The summed E-state index contributed by atoms with van der Waals surface area (Å²) in [7, 11) is 1.67. The molecule has 0 amide bonds. The number of carboxylic acid groups (broad SMARTS) is 1. The van der Waals surface area contributed by atoms with Crippen molar-refractivity contribution in [3.05, 3.63) is 0 Å². The second-order valence-electron chi connectivity index (χ2n) is 3.57. The van der Waals surface area contributed by atoms with Gasteiger partial charge in [-0.1, -0.05) is 6.92 Å². The molecule has 3 atom stereocenters. The van der Waals surface area contributed by atoms with Crippen molar-refractivity contribution in [3.63, 3.8) is 0 Å². The van der Waals surface area contributed by atoms with E-state index in [4.69, 9.17) is 9.84 Å². The van der Waals surface area contributed by atoms with E-state index >= 15 is 0 Å². The number of thioether (sulfide) groups is 1. The van der Waals surface area contributed by atoms with Gasteiger partial charge in [0.1, 0.15) is 6.04 Å². The first-order valence-electron chi connectivity index (χ1n) is 4.74. The van der Waals surface area contributed by atoms with Crippen LogP contribution in [-0.2, 0) is 9.53 Å². The first-order valence-corrected chi connectivity index (χ1v) is 5.79. The number of nitrogens with one attached hydrogen (secondary N) is 1. The van der Waals surface area contributed by atoms with Gasteiger partial charge in [0.25, 0.3) is 0 Å². The second-order valence-corrected chi connectivity index (χ2v) is 4.82. The molecule has 1 aliphatic rings. The number of aliphatic carboxylic acids is 1. The minimum atomic E-state index is -0.750. The van der Waals surface area contributed by atoms with Gasteiger partial charge in [-0.25, -0.2) is 0 Å². The van der Waals surface area contributed by atoms with Crippen LogP contribution in [0.3, 0.4) is 0 Å². The van der Waals surface area contributed by atoms with E-state index in [0.29, 0.717) is 18.9 Å². The average Bonchev–Trinajstić information content (AvgIpc) is 2.18. The first kappa shape index (κ1) is 11.8. The van der Waals surface area contributed by atoms with E-state index in [2.05, 4.69) is 12.2 Å². The summed E-state index contributed by atoms with van der Waals surface area (Å²) < 4.78 is 5.05. The Bertz CT molecular complexity index is 200. The van der Waals surface area contributed by atoms with E-state index in [0.717, 1.165) is 5.75 Å². The molecule has 1 heterocycles. The van der Waals surface area contributed by atoms with Gasteiger partial charge in [-0.3, -0.25) is 10.1 Å². The van der Waals surface area contributed by atoms with Crippen LogP contribution in [0.1, 0.15) is 13.3 Å². The van der Waals surface area contributed by atoms with Gasteiger partial charge in [-0.05, 0) is 12.2 Å². The quantitative estimate of drug-likeness (QED) is 0.731. The molecule has 1 aliphatic heterocycles. The van der Waals surface area contributed by atoms with Crippen LogP contribution < -0.4 is 5.32 Å². The Balaban J connectivity index is 2.43. The molecule has 0 bridgehead atoms. The summed E-state index contributed by atoms with van der Waals surface area (Å²) in [4.78, 5) is 10.8. The lowest BCUT2D eigenvalue weighted by Crippen LogP contribution is -2.48. The summed E-state index contributed by atoms with van der Waals surface area (Å²) in [5, 5.41) is 12.2. The topological polar surface area (TPSA) is 58.6 Å². The highest BCUT2D eigenvalue weighted by Crippen LogP contribution is 2.24. The third-order valence-corrected chi connectivity index (χ3v) is 3.75. The molecule has 2 N–H and O–H groups in total. The highest BCUT2D eigenvalue weighted by Gasteiger charge is 2.29. The first-order chi connectivity index (χ1) is 6.65. The van der Waals surface area contributed by atoms with Crippen molar-refractivity contribution in [1.29, 1.82) is 0 Å². The monoisotopic (exact) mass is 219 g/mol. The fraction of sp³-hybridized carbons (Fsp3) is 0.889. The van der Waals surface area contributed by atoms with Crippen LogP contribution in [0.2, 0.25) is 0 Å². The van der Waals surface area contributed by atoms with Crippen molar-refractivity contribution in [2.75, 3.05) is 19.5 Å². The zero-order valence-corrected chi connectivity index (χ0v) is 9.34. The van der Waals surface area contributed by atoms with E-state index in [1.807, 2.05) is 0 Å². The van der Waals surface area contributed by atoms with Gasteiger partial charge in [0.05, 0.1) is 12.0 Å². The summed E-state index contributed by atoms with van der Waals surface area (Å²) in [6, 6.07) is -0.388. The number of hydrogen-bond donors (Lipinski definition) is 2. The van der Waals surface area contributed by atoms with Gasteiger partial charge in [-0.2, -0.15) is 0 Å². The van der Waals surface area contributed by atoms with Crippen molar-refractivity contribution in [1.82, 2.24) is 5.32 Å². The number of methoxy groups -OCH3 is 1. The van der Waals surface area contributed by atoms with Crippen LogP contribution in [-0.4, -0.2) is 42.0 Å². The van der Waals surface area contributed by atoms with Crippen molar-refractivity contribution in [2.24, 2.45) is 5.92 Å². The lowest BCUT2D eigenvalue weighted by atomic mass is 10.1. The molecule has 1 rings (SSSR count). The van der Waals surface area contributed by atoms with Crippen molar-refractivity contribution >= 4 is 17.7 Å². The van der Waals surface area contributed by atoms with Gasteiger partial charge < -0.3 is 9.84 Å². The third kappa shape index (κ3) is 3.15. The Morgan fingerprint density at radius 2 is 2.50 bits per heavy atom. The Labute approximate surface area is 88.4 Å². The predicted octanol–water partition coefficient (Wildman–Crippen LogP) is 0.775. The molecule has 4 nitrogen and oxygen atoms in total. The molecule has 0 radical (unpaired) electrons. The normalized spacial score (nSPS) is 29.9. The molecule has 0 aromatic heterocycles. The zero-order valence-electron chi connectivity index (χ0n) is 8.53. The largest absolute Gasteiger partial charge is 0.480 e. The molecule has 0 aromatic carbocycles. The van der Waals surface area contributed by atoms with E-state index in [1.54, 1.807) is 18.9 Å². The van der Waals surface area contributed by atoms with Gasteiger partial charge in [0.2, 0.25) is 0 Å². The van der Waals surface area contributed by atoms with Crippen molar-refractivity contribution in [2.45, 2.75) is 24.8 Å². The summed E-state index contributed by atoms with van der Waals surface area (Å²) in [5.74, 6) is 0.495. The average molecular weight is 219 g/mol. The molecule has 3 unspecified atom stereocenters. The zero-order chi connectivity index (χ0) is 10.6. The number of rotatable bonds is 4. The smallest absolute Gasteiger partial charge is 0.320 e. The van der Waals surface area contributed by atoms with Crippen LogP contribution >= 0.6 is 11.8 Å². The Morgan fingerprint density at radius 1 is 1.79 bits per heavy atom. The van der Waals surface area contributed by atoms with Gasteiger partial charge in [0.15, 0.2) is 0 Å². The fourth-order valence-corrected chi connectivity index (χ4v) is 2.81. The van der Waals surface area contributed by atoms with Gasteiger partial charge in [0, 0.05) is 13.0 Å². The highest BCUT2D eigenvalue weighted by atomic mass is 32.2. The predicted molar refractivity (Wildman–Crippen MR) is 56.5 cm³/mol. The number of ether oxygens (including phenoxy) is 1. The van der Waals surface area contributed by atoms with Crippen LogP contribution in [0.15, 0.2) is 0 Å². The minimum Gasteiger partial charge on any atom is -0.480 e. The van der Waals surface area contributed by atoms with Gasteiger partial charge >= 0.3 is 5.97 Å². The Morgan fingerprint density at radius 3 is 3.07 bits per heavy atom. The maximum Gasteiger partial charge on any atom is 0.320 e. The lowest BCUT2D eigenvalue weighted by molar-refractivity contribution is -0.139. The lowest BCUT2D eigenvalue weighted by Gasteiger charge is -2.31. The number of carbonyl (C=O) groups is 1. The van der Waals surface area contributed by atoms with Crippen molar-refractivity contribution < 1.29 is 14.6 Å². The van der Waals surface area contributed by atoms with Crippen LogP contribution in [0.25, 0.3) is 0 Å². The molecule has 1 saturated heterocycles.